The van der Waals surface area contributed by atoms with E-state index in [2.05, 4.69) is 0 Å². The molecule has 1 atom stereocenters. The lowest BCUT2D eigenvalue weighted by atomic mass is 10.1. The van der Waals surface area contributed by atoms with E-state index in [1.165, 1.54) is 24.3 Å². The fourth-order valence-corrected chi connectivity index (χ4v) is 1.96. The zero-order chi connectivity index (χ0) is 12.6. The van der Waals surface area contributed by atoms with Gasteiger partial charge in [-0.2, -0.15) is 0 Å². The molecule has 1 N–H and O–H groups in total. The average molecular weight is 304 g/mol. The maximum Gasteiger partial charge on any atom is 0.247 e. The van der Waals surface area contributed by atoms with Crippen molar-refractivity contribution < 1.29 is 13.5 Å². The van der Waals surface area contributed by atoms with Crippen LogP contribution in [0, 0.1) is 0 Å². The number of alkyl halides is 2. The summed E-state index contributed by atoms with van der Waals surface area (Å²) in [7, 11) is -3.81. The average Bonchev–Trinajstić information content (AvgIpc) is 2.16. The van der Waals surface area contributed by atoms with Crippen molar-refractivity contribution >= 4 is 44.6 Å². The van der Waals surface area contributed by atoms with Gasteiger partial charge in [-0.15, -0.1) is 0 Å². The highest BCUT2D eigenvalue weighted by atomic mass is 35.5. The molecule has 0 unspecified atom stereocenters. The number of benzene rings is 1. The second kappa shape index (κ2) is 4.70. The van der Waals surface area contributed by atoms with E-state index >= 15 is 0 Å². The molecule has 16 heavy (non-hydrogen) atoms. The molecular weight excluding hydrogens is 295 g/mol. The molecule has 0 aliphatic carbocycles. The second-order valence-corrected chi connectivity index (χ2v) is 7.75. The van der Waals surface area contributed by atoms with Gasteiger partial charge in [0.1, 0.15) is 6.10 Å². The second-order valence-electron chi connectivity index (χ2n) is 3.29. The number of sulfone groups is 1. The van der Waals surface area contributed by atoms with Crippen molar-refractivity contribution in [1.29, 1.82) is 0 Å². The largest absolute Gasteiger partial charge is 0.384 e. The zero-order valence-corrected chi connectivity index (χ0v) is 11.3. The maximum atomic E-state index is 11.3. The maximum absolute atomic E-state index is 11.3. The highest BCUT2D eigenvalue weighted by molar-refractivity contribution is 7.94. The molecule has 0 amide bonds. The lowest BCUT2D eigenvalue weighted by molar-refractivity contribution is 0.181. The van der Waals surface area contributed by atoms with Gasteiger partial charge in [-0.05, 0) is 17.7 Å². The van der Waals surface area contributed by atoms with E-state index < -0.39 is 19.6 Å². The third-order valence-electron chi connectivity index (χ3n) is 2.00. The summed E-state index contributed by atoms with van der Waals surface area (Å²) in [5, 5.41) is 10.3. The van der Waals surface area contributed by atoms with Crippen LogP contribution in [0.25, 0.3) is 0 Å². The van der Waals surface area contributed by atoms with Gasteiger partial charge in [-0.25, -0.2) is 8.42 Å². The van der Waals surface area contributed by atoms with Crippen LogP contribution in [0.2, 0.25) is 5.02 Å². The molecule has 0 aromatic heterocycles. The number of aliphatic hydroxyl groups excluding tert-OH is 1. The fourth-order valence-electron chi connectivity index (χ4n) is 1.04. The van der Waals surface area contributed by atoms with E-state index in [-0.39, 0.29) is 5.56 Å². The Kier molecular flexibility index (Phi) is 4.13. The Balaban J connectivity index is 3.12. The number of hydrogen-bond donors (Lipinski definition) is 1. The lowest BCUT2D eigenvalue weighted by Gasteiger charge is -2.24. The fraction of sp³-hybridized carbons (Fsp3) is 0.333. The van der Waals surface area contributed by atoms with E-state index in [9.17, 15) is 13.5 Å². The first-order valence-corrected chi connectivity index (χ1v) is 7.19. The van der Waals surface area contributed by atoms with Crippen LogP contribution in [0.3, 0.4) is 0 Å². The predicted octanol–water partition coefficient (Wildman–Crippen LogP) is 2.55. The Morgan fingerprint density at radius 1 is 1.25 bits per heavy atom. The van der Waals surface area contributed by atoms with E-state index in [0.29, 0.717) is 5.02 Å². The van der Waals surface area contributed by atoms with Gasteiger partial charge in [0.15, 0.2) is 9.84 Å². The zero-order valence-electron chi connectivity index (χ0n) is 8.19. The van der Waals surface area contributed by atoms with Gasteiger partial charge in [0.2, 0.25) is 3.67 Å². The van der Waals surface area contributed by atoms with Crippen molar-refractivity contribution in [3.05, 3.63) is 34.9 Å². The van der Waals surface area contributed by atoms with Gasteiger partial charge in [0.05, 0.1) is 0 Å². The molecule has 3 nitrogen and oxygen atoms in total. The van der Waals surface area contributed by atoms with Crippen molar-refractivity contribution in [3.8, 4) is 0 Å². The van der Waals surface area contributed by atoms with Crippen LogP contribution >= 0.6 is 34.8 Å². The van der Waals surface area contributed by atoms with Crippen molar-refractivity contribution in [1.82, 2.24) is 0 Å². The molecule has 0 saturated heterocycles. The topological polar surface area (TPSA) is 54.4 Å². The molecule has 7 heteroatoms. The normalized spacial score (nSPS) is 14.8. The quantitative estimate of drug-likeness (QED) is 0.873. The Hall–Kier alpha value is -0.000000000000000111. The molecule has 0 aliphatic heterocycles. The Labute approximate surface area is 109 Å². The van der Waals surface area contributed by atoms with Crippen LogP contribution in [0.15, 0.2) is 24.3 Å². The summed E-state index contributed by atoms with van der Waals surface area (Å²) >= 11 is 16.9. The van der Waals surface area contributed by atoms with Gasteiger partial charge >= 0.3 is 0 Å². The molecule has 0 heterocycles. The third-order valence-corrected chi connectivity index (χ3v) is 5.56. The monoisotopic (exact) mass is 302 g/mol. The highest BCUT2D eigenvalue weighted by Crippen LogP contribution is 2.40. The van der Waals surface area contributed by atoms with Crippen LogP contribution in [0.5, 0.6) is 0 Å². The molecule has 1 aromatic rings. The van der Waals surface area contributed by atoms with Crippen molar-refractivity contribution in [3.63, 3.8) is 0 Å². The minimum atomic E-state index is -3.81. The molecule has 0 spiro atoms. The van der Waals surface area contributed by atoms with Crippen molar-refractivity contribution in [2.45, 2.75) is 9.77 Å². The summed E-state index contributed by atoms with van der Waals surface area (Å²) in [5.41, 5.74) is 0.278. The Bertz CT molecular complexity index is 467. The van der Waals surface area contributed by atoms with E-state index in [1.807, 2.05) is 0 Å². The van der Waals surface area contributed by atoms with Gasteiger partial charge in [0, 0.05) is 11.3 Å². The molecule has 0 fully saturated rings. The van der Waals surface area contributed by atoms with Crippen LogP contribution in [-0.4, -0.2) is 23.4 Å². The standard InChI is InChI=1S/C9H9Cl3O3S/c1-16(14,15)9(11,12)8(13)6-2-4-7(10)5-3-6/h2-5,8,13H,1H3/t8-/m1/s1. The molecule has 1 aromatic carbocycles. The van der Waals surface area contributed by atoms with E-state index in [4.69, 9.17) is 34.8 Å². The van der Waals surface area contributed by atoms with Gasteiger partial charge < -0.3 is 5.11 Å². The lowest BCUT2D eigenvalue weighted by Crippen LogP contribution is -2.32. The summed E-state index contributed by atoms with van der Waals surface area (Å²) in [5.74, 6) is 0. The molecular formula is C9H9Cl3O3S. The van der Waals surface area contributed by atoms with Crippen LogP contribution in [-0.2, 0) is 9.84 Å². The first-order chi connectivity index (χ1) is 7.16. The summed E-state index contributed by atoms with van der Waals surface area (Å²) in [6.45, 7) is 0. The van der Waals surface area contributed by atoms with E-state index in [1.54, 1.807) is 0 Å². The van der Waals surface area contributed by atoms with Gasteiger partial charge in [-0.3, -0.25) is 0 Å². The number of aliphatic hydroxyl groups is 1. The highest BCUT2D eigenvalue weighted by Gasteiger charge is 2.44. The minimum absolute atomic E-state index is 0.278. The molecule has 0 saturated carbocycles. The summed E-state index contributed by atoms with van der Waals surface area (Å²) in [6.07, 6.45) is -0.685. The molecule has 0 radical (unpaired) electrons. The first-order valence-electron chi connectivity index (χ1n) is 4.17. The van der Waals surface area contributed by atoms with Crippen LogP contribution in [0.4, 0.5) is 0 Å². The van der Waals surface area contributed by atoms with Crippen molar-refractivity contribution in [2.75, 3.05) is 6.26 Å². The molecule has 0 bridgehead atoms. The number of hydrogen-bond acceptors (Lipinski definition) is 3. The summed E-state index contributed by atoms with van der Waals surface area (Å²) < 4.78 is 20.3. The first kappa shape index (κ1) is 14.1. The predicted molar refractivity (Wildman–Crippen MR) is 65.7 cm³/mol. The van der Waals surface area contributed by atoms with Crippen LogP contribution < -0.4 is 0 Å². The summed E-state index contributed by atoms with van der Waals surface area (Å²) in [4.78, 5) is 0. The minimum Gasteiger partial charge on any atom is -0.384 e. The Morgan fingerprint density at radius 3 is 2.06 bits per heavy atom. The molecule has 0 aliphatic rings. The number of halogens is 3. The molecule has 90 valence electrons. The smallest absolute Gasteiger partial charge is 0.247 e. The number of rotatable bonds is 3. The SMILES string of the molecule is CS(=O)(=O)C(Cl)(Cl)[C@H](O)c1ccc(Cl)cc1. The van der Waals surface area contributed by atoms with Crippen molar-refractivity contribution in [2.24, 2.45) is 0 Å². The van der Waals surface area contributed by atoms with Gasteiger partial charge in [-0.1, -0.05) is 46.9 Å². The van der Waals surface area contributed by atoms with Gasteiger partial charge in [0.25, 0.3) is 0 Å². The molecule has 1 rings (SSSR count). The van der Waals surface area contributed by atoms with Crippen LogP contribution in [0.1, 0.15) is 11.7 Å². The summed E-state index contributed by atoms with van der Waals surface area (Å²) in [6, 6.07) is 5.92. The van der Waals surface area contributed by atoms with E-state index in [0.717, 1.165) is 6.26 Å². The Morgan fingerprint density at radius 2 is 1.69 bits per heavy atom. The third kappa shape index (κ3) is 2.81.